The number of nitrogens with one attached hydrogen (secondary N) is 2. The van der Waals surface area contributed by atoms with Gasteiger partial charge in [0.25, 0.3) is 0 Å². The van der Waals surface area contributed by atoms with Gasteiger partial charge in [-0.05, 0) is 28.7 Å². The average Bonchev–Trinajstić information content (AvgIpc) is 3.40. The summed E-state index contributed by atoms with van der Waals surface area (Å²) in [4.78, 5) is 23.9. The molecular formula is C19H22N2O3. The third kappa shape index (κ3) is 3.74. The zero-order chi connectivity index (χ0) is 16.9. The molecule has 1 saturated carbocycles. The second-order valence-corrected chi connectivity index (χ2v) is 6.08. The third-order valence-corrected chi connectivity index (χ3v) is 4.40. The molecule has 0 aromatic heterocycles. The summed E-state index contributed by atoms with van der Waals surface area (Å²) < 4.78 is 4.86. The minimum atomic E-state index is -0.192. The number of carbonyl (C=O) groups is 2. The summed E-state index contributed by atoms with van der Waals surface area (Å²) in [6, 6.07) is 14.4. The Morgan fingerprint density at radius 2 is 1.92 bits per heavy atom. The topological polar surface area (TPSA) is 67.4 Å². The molecule has 5 nitrogen and oxygen atoms in total. The number of hydrogen-bond acceptors (Lipinski definition) is 3. The van der Waals surface area contributed by atoms with Gasteiger partial charge < -0.3 is 15.4 Å². The zero-order valence-corrected chi connectivity index (χ0v) is 13.7. The minimum Gasteiger partial charge on any atom is -0.383 e. The highest BCUT2D eigenvalue weighted by Gasteiger charge is 2.44. The van der Waals surface area contributed by atoms with Crippen LogP contribution in [0.15, 0.2) is 42.5 Å². The van der Waals surface area contributed by atoms with Crippen LogP contribution in [-0.4, -0.2) is 38.6 Å². The van der Waals surface area contributed by atoms with Crippen molar-refractivity contribution in [2.24, 2.45) is 5.92 Å². The minimum absolute atomic E-state index is 0.0152. The standard InChI is InChI=1S/C19H22N2O3/c1-24-10-9-20-18(22)12-21-19(23)17-11-16(17)15-8-4-6-13-5-2-3-7-14(13)15/h2-8,16-17H,9-12H2,1H3,(H,20,22)(H,21,23)/t16-,17+/m1/s1. The lowest BCUT2D eigenvalue weighted by molar-refractivity contribution is -0.126. The van der Waals surface area contributed by atoms with E-state index in [2.05, 4.69) is 34.9 Å². The Balaban J connectivity index is 1.55. The molecule has 0 saturated heterocycles. The van der Waals surface area contributed by atoms with Crippen molar-refractivity contribution in [3.05, 3.63) is 48.0 Å². The fraction of sp³-hybridized carbons (Fsp3) is 0.368. The molecule has 0 bridgehead atoms. The monoisotopic (exact) mass is 326 g/mol. The van der Waals surface area contributed by atoms with E-state index in [1.807, 2.05) is 18.2 Å². The SMILES string of the molecule is COCCNC(=O)CNC(=O)[C@H]1C[C@@H]1c1cccc2ccccc12. The summed E-state index contributed by atoms with van der Waals surface area (Å²) in [6.45, 7) is 0.931. The molecule has 2 amide bonds. The molecule has 5 heteroatoms. The van der Waals surface area contributed by atoms with Crippen LogP contribution in [0.25, 0.3) is 10.8 Å². The maximum absolute atomic E-state index is 12.2. The quantitative estimate of drug-likeness (QED) is 0.763. The molecule has 0 heterocycles. The first kappa shape index (κ1) is 16.5. The van der Waals surface area contributed by atoms with Gasteiger partial charge in [0.1, 0.15) is 0 Å². The van der Waals surface area contributed by atoms with Crippen LogP contribution in [0.1, 0.15) is 17.9 Å². The van der Waals surface area contributed by atoms with Gasteiger partial charge in [0, 0.05) is 19.6 Å². The average molecular weight is 326 g/mol. The molecule has 0 aliphatic heterocycles. The maximum Gasteiger partial charge on any atom is 0.239 e. The number of rotatable bonds is 7. The van der Waals surface area contributed by atoms with E-state index < -0.39 is 0 Å². The Morgan fingerprint density at radius 1 is 1.12 bits per heavy atom. The summed E-state index contributed by atoms with van der Waals surface area (Å²) in [7, 11) is 1.58. The van der Waals surface area contributed by atoms with Gasteiger partial charge in [0.05, 0.1) is 13.2 Å². The van der Waals surface area contributed by atoms with Crippen LogP contribution in [0.5, 0.6) is 0 Å². The molecule has 0 radical (unpaired) electrons. The predicted molar refractivity (Wildman–Crippen MR) is 92.7 cm³/mol. The Labute approximate surface area is 141 Å². The van der Waals surface area contributed by atoms with Gasteiger partial charge in [-0.3, -0.25) is 9.59 Å². The number of ether oxygens (including phenoxy) is 1. The molecule has 24 heavy (non-hydrogen) atoms. The lowest BCUT2D eigenvalue weighted by Crippen LogP contribution is -2.38. The van der Waals surface area contributed by atoms with Gasteiger partial charge in [-0.1, -0.05) is 42.5 Å². The first-order chi connectivity index (χ1) is 11.7. The number of fused-ring (bicyclic) bond motifs is 1. The fourth-order valence-corrected chi connectivity index (χ4v) is 3.06. The third-order valence-electron chi connectivity index (χ3n) is 4.40. The molecule has 0 unspecified atom stereocenters. The summed E-state index contributed by atoms with van der Waals surface area (Å²) in [5.74, 6) is -0.0344. The van der Waals surface area contributed by atoms with Gasteiger partial charge in [-0.2, -0.15) is 0 Å². The fourth-order valence-electron chi connectivity index (χ4n) is 3.06. The van der Waals surface area contributed by atoms with Crippen LogP contribution >= 0.6 is 0 Å². The normalized spacial score (nSPS) is 19.0. The van der Waals surface area contributed by atoms with Gasteiger partial charge in [0.15, 0.2) is 0 Å². The van der Waals surface area contributed by atoms with E-state index in [1.54, 1.807) is 7.11 Å². The van der Waals surface area contributed by atoms with Gasteiger partial charge in [0.2, 0.25) is 11.8 Å². The van der Waals surface area contributed by atoms with Crippen molar-refractivity contribution in [3.63, 3.8) is 0 Å². The molecule has 2 aromatic rings. The van der Waals surface area contributed by atoms with Crippen molar-refractivity contribution in [2.45, 2.75) is 12.3 Å². The lowest BCUT2D eigenvalue weighted by atomic mass is 10.00. The van der Waals surface area contributed by atoms with Crippen LogP contribution in [0.2, 0.25) is 0 Å². The van der Waals surface area contributed by atoms with Gasteiger partial charge in [-0.25, -0.2) is 0 Å². The highest BCUT2D eigenvalue weighted by atomic mass is 16.5. The first-order valence-corrected chi connectivity index (χ1v) is 8.21. The first-order valence-electron chi connectivity index (χ1n) is 8.21. The van der Waals surface area contributed by atoms with Crippen molar-refractivity contribution >= 4 is 22.6 Å². The van der Waals surface area contributed by atoms with Crippen molar-refractivity contribution in [1.29, 1.82) is 0 Å². The van der Waals surface area contributed by atoms with Crippen LogP contribution in [0.4, 0.5) is 0 Å². The molecule has 126 valence electrons. The van der Waals surface area contributed by atoms with Crippen molar-refractivity contribution in [3.8, 4) is 0 Å². The van der Waals surface area contributed by atoms with Crippen LogP contribution in [-0.2, 0) is 14.3 Å². The van der Waals surface area contributed by atoms with Gasteiger partial charge >= 0.3 is 0 Å². The van der Waals surface area contributed by atoms with E-state index in [9.17, 15) is 9.59 Å². The Hall–Kier alpha value is -2.40. The van der Waals surface area contributed by atoms with E-state index in [0.29, 0.717) is 13.2 Å². The van der Waals surface area contributed by atoms with Crippen molar-refractivity contribution in [1.82, 2.24) is 10.6 Å². The summed E-state index contributed by atoms with van der Waals surface area (Å²) in [6.07, 6.45) is 0.838. The van der Waals surface area contributed by atoms with Gasteiger partial charge in [-0.15, -0.1) is 0 Å². The number of benzene rings is 2. The van der Waals surface area contributed by atoms with E-state index in [4.69, 9.17) is 4.74 Å². The van der Waals surface area contributed by atoms with Crippen molar-refractivity contribution < 1.29 is 14.3 Å². The molecule has 3 rings (SSSR count). The number of methoxy groups -OCH3 is 1. The van der Waals surface area contributed by atoms with E-state index in [0.717, 1.165) is 6.42 Å². The summed E-state index contributed by atoms with van der Waals surface area (Å²) in [5.41, 5.74) is 1.22. The molecule has 1 fully saturated rings. The second kappa shape index (κ2) is 7.45. The van der Waals surface area contributed by atoms with Crippen LogP contribution < -0.4 is 10.6 Å². The summed E-state index contributed by atoms with van der Waals surface area (Å²) >= 11 is 0. The molecule has 2 N–H and O–H groups in total. The smallest absolute Gasteiger partial charge is 0.239 e. The molecule has 2 aromatic carbocycles. The van der Waals surface area contributed by atoms with Crippen molar-refractivity contribution in [2.75, 3.05) is 26.8 Å². The number of hydrogen-bond donors (Lipinski definition) is 2. The summed E-state index contributed by atoms with van der Waals surface area (Å²) in [5, 5.41) is 7.81. The second-order valence-electron chi connectivity index (χ2n) is 6.08. The molecular weight excluding hydrogens is 304 g/mol. The zero-order valence-electron chi connectivity index (χ0n) is 13.7. The van der Waals surface area contributed by atoms with E-state index in [1.165, 1.54) is 16.3 Å². The highest BCUT2D eigenvalue weighted by Crippen LogP contribution is 2.49. The Kier molecular flexibility index (Phi) is 5.11. The van der Waals surface area contributed by atoms with Crippen LogP contribution in [0.3, 0.4) is 0 Å². The highest BCUT2D eigenvalue weighted by molar-refractivity contribution is 5.91. The molecule has 2 atom stereocenters. The number of amides is 2. The molecule has 1 aliphatic carbocycles. The molecule has 1 aliphatic rings. The molecule has 0 spiro atoms. The van der Waals surface area contributed by atoms with E-state index in [-0.39, 0.29) is 30.2 Å². The predicted octanol–water partition coefficient (Wildman–Crippen LogP) is 1.82. The largest absolute Gasteiger partial charge is 0.383 e. The lowest BCUT2D eigenvalue weighted by Gasteiger charge is -2.08. The number of carbonyl (C=O) groups excluding carboxylic acids is 2. The Morgan fingerprint density at radius 3 is 2.75 bits per heavy atom. The Bertz CT molecular complexity index is 739. The maximum atomic E-state index is 12.2. The van der Waals surface area contributed by atoms with Crippen LogP contribution in [0, 0.1) is 5.92 Å². The van der Waals surface area contributed by atoms with E-state index >= 15 is 0 Å².